The summed E-state index contributed by atoms with van der Waals surface area (Å²) >= 11 is 0. The fourth-order valence-electron chi connectivity index (χ4n) is 2.38. The number of rotatable bonds is 2. The van der Waals surface area contributed by atoms with Crippen LogP contribution in [0.4, 0.5) is 13.2 Å². The number of hydrogen-bond acceptors (Lipinski definition) is 2. The van der Waals surface area contributed by atoms with Crippen LogP contribution in [0.15, 0.2) is 42.7 Å². The Morgan fingerprint density at radius 3 is 2.62 bits per heavy atom. The van der Waals surface area contributed by atoms with Crippen molar-refractivity contribution >= 4 is 11.0 Å². The molecule has 0 saturated heterocycles. The average Bonchev–Trinajstić information content (AvgIpc) is 2.94. The number of fused-ring (bicyclic) bond motifs is 1. The molecule has 0 unspecified atom stereocenters. The smallest absolute Gasteiger partial charge is 0.346 e. The van der Waals surface area contributed by atoms with Crippen LogP contribution in [0.25, 0.3) is 22.2 Å². The highest BCUT2D eigenvalue weighted by Gasteiger charge is 2.34. The lowest BCUT2D eigenvalue weighted by Crippen LogP contribution is -2.09. The minimum atomic E-state index is -4.44. The van der Waals surface area contributed by atoms with E-state index in [1.54, 1.807) is 24.4 Å². The topological polar surface area (TPSA) is 54.7 Å². The van der Waals surface area contributed by atoms with Gasteiger partial charge in [-0.05, 0) is 34.9 Å². The van der Waals surface area contributed by atoms with Crippen LogP contribution in [-0.2, 0) is 12.7 Å². The van der Waals surface area contributed by atoms with Gasteiger partial charge in [0.05, 0.1) is 5.56 Å². The number of benzene rings is 1. The van der Waals surface area contributed by atoms with E-state index in [0.29, 0.717) is 22.2 Å². The van der Waals surface area contributed by atoms with E-state index in [1.807, 2.05) is 0 Å². The maximum Gasteiger partial charge on any atom is 0.417 e. The molecule has 0 bridgehead atoms. The Morgan fingerprint density at radius 2 is 1.90 bits per heavy atom. The van der Waals surface area contributed by atoms with Crippen LogP contribution in [0, 0.1) is 0 Å². The van der Waals surface area contributed by atoms with Crippen molar-refractivity contribution in [2.75, 3.05) is 0 Å². The fraction of sp³-hybridized carbons (Fsp3) is 0.133. The summed E-state index contributed by atoms with van der Waals surface area (Å²) in [6.45, 7) is 0.0687. The van der Waals surface area contributed by atoms with E-state index in [4.69, 9.17) is 5.73 Å². The molecule has 6 heteroatoms. The van der Waals surface area contributed by atoms with Gasteiger partial charge in [-0.15, -0.1) is 0 Å². The van der Waals surface area contributed by atoms with Crippen LogP contribution in [0.2, 0.25) is 0 Å². The number of nitrogens with zero attached hydrogens (tertiary/aromatic N) is 1. The van der Waals surface area contributed by atoms with E-state index < -0.39 is 11.7 Å². The predicted octanol–water partition coefficient (Wildman–Crippen LogP) is 3.71. The van der Waals surface area contributed by atoms with Crippen molar-refractivity contribution in [1.82, 2.24) is 9.97 Å². The van der Waals surface area contributed by atoms with Crippen molar-refractivity contribution in [2.45, 2.75) is 12.7 Å². The maximum absolute atomic E-state index is 13.3. The Kier molecular flexibility index (Phi) is 3.17. The fourth-order valence-corrected chi connectivity index (χ4v) is 2.38. The Bertz CT molecular complexity index is 790. The summed E-state index contributed by atoms with van der Waals surface area (Å²) < 4.78 is 39.9. The third-order valence-electron chi connectivity index (χ3n) is 3.38. The quantitative estimate of drug-likeness (QED) is 0.756. The van der Waals surface area contributed by atoms with E-state index in [0.717, 1.165) is 6.07 Å². The molecular weight excluding hydrogens is 279 g/mol. The highest BCUT2D eigenvalue weighted by atomic mass is 19.4. The van der Waals surface area contributed by atoms with Crippen LogP contribution in [-0.4, -0.2) is 9.97 Å². The molecule has 0 spiro atoms. The molecule has 21 heavy (non-hydrogen) atoms. The maximum atomic E-state index is 13.3. The van der Waals surface area contributed by atoms with Crippen molar-refractivity contribution in [1.29, 1.82) is 0 Å². The summed E-state index contributed by atoms with van der Waals surface area (Å²) in [6.07, 6.45) is -1.29. The second kappa shape index (κ2) is 4.89. The van der Waals surface area contributed by atoms with Crippen molar-refractivity contribution in [3.63, 3.8) is 0 Å². The number of aromatic nitrogens is 2. The van der Waals surface area contributed by atoms with Gasteiger partial charge in [0, 0.05) is 24.3 Å². The monoisotopic (exact) mass is 291 g/mol. The Morgan fingerprint density at radius 1 is 1.10 bits per heavy atom. The molecule has 3 nitrogen and oxygen atoms in total. The minimum absolute atomic E-state index is 0.0687. The molecule has 0 atom stereocenters. The van der Waals surface area contributed by atoms with Gasteiger partial charge in [-0.25, -0.2) is 4.98 Å². The van der Waals surface area contributed by atoms with Crippen molar-refractivity contribution in [3.8, 4) is 11.1 Å². The lowest BCUT2D eigenvalue weighted by molar-refractivity contribution is -0.137. The first-order chi connectivity index (χ1) is 10.0. The average molecular weight is 291 g/mol. The molecular formula is C15H12F3N3. The summed E-state index contributed by atoms with van der Waals surface area (Å²) in [5, 5.41) is 0.656. The van der Waals surface area contributed by atoms with Gasteiger partial charge in [-0.1, -0.05) is 12.1 Å². The van der Waals surface area contributed by atoms with Crippen LogP contribution >= 0.6 is 0 Å². The van der Waals surface area contributed by atoms with Gasteiger partial charge in [0.25, 0.3) is 0 Å². The molecule has 2 aromatic heterocycles. The molecule has 0 saturated carbocycles. The van der Waals surface area contributed by atoms with Gasteiger partial charge in [0.1, 0.15) is 5.65 Å². The Balaban J connectivity index is 2.29. The summed E-state index contributed by atoms with van der Waals surface area (Å²) in [5.74, 6) is 0. The zero-order valence-electron chi connectivity index (χ0n) is 10.9. The highest BCUT2D eigenvalue weighted by Crippen LogP contribution is 2.39. The highest BCUT2D eigenvalue weighted by molar-refractivity contribution is 5.93. The lowest BCUT2D eigenvalue weighted by Gasteiger charge is -2.15. The third kappa shape index (κ3) is 2.38. The number of nitrogens with two attached hydrogens (primary N) is 1. The van der Waals surface area contributed by atoms with Crippen LogP contribution in [0.5, 0.6) is 0 Å². The molecule has 0 radical (unpaired) electrons. The van der Waals surface area contributed by atoms with Crippen LogP contribution < -0.4 is 5.73 Å². The van der Waals surface area contributed by atoms with E-state index >= 15 is 0 Å². The van der Waals surface area contributed by atoms with E-state index in [9.17, 15) is 13.2 Å². The molecule has 2 heterocycles. The van der Waals surface area contributed by atoms with E-state index in [1.165, 1.54) is 12.3 Å². The van der Waals surface area contributed by atoms with Gasteiger partial charge in [0.15, 0.2) is 0 Å². The number of pyridine rings is 1. The summed E-state index contributed by atoms with van der Waals surface area (Å²) in [6, 6.07) is 7.49. The predicted molar refractivity (Wildman–Crippen MR) is 74.4 cm³/mol. The third-order valence-corrected chi connectivity index (χ3v) is 3.38. The number of aromatic amines is 1. The number of alkyl halides is 3. The van der Waals surface area contributed by atoms with Crippen LogP contribution in [0.3, 0.4) is 0 Å². The molecule has 0 amide bonds. The van der Waals surface area contributed by atoms with Crippen molar-refractivity contribution < 1.29 is 13.2 Å². The summed E-state index contributed by atoms with van der Waals surface area (Å²) in [4.78, 5) is 6.99. The number of hydrogen-bond donors (Lipinski definition) is 2. The first-order valence-corrected chi connectivity index (χ1v) is 6.33. The molecule has 3 aromatic rings. The number of H-pyrrole nitrogens is 1. The Labute approximate surface area is 118 Å². The molecule has 3 N–H and O–H groups in total. The van der Waals surface area contributed by atoms with Gasteiger partial charge in [0.2, 0.25) is 0 Å². The zero-order valence-corrected chi connectivity index (χ0v) is 10.9. The first kappa shape index (κ1) is 13.6. The van der Waals surface area contributed by atoms with Crippen molar-refractivity contribution in [3.05, 3.63) is 53.9 Å². The van der Waals surface area contributed by atoms with Crippen molar-refractivity contribution in [2.24, 2.45) is 5.73 Å². The SMILES string of the molecule is NCc1ccc(-c2ccnc3[nH]ccc23)c(C(F)(F)F)c1. The second-order valence-corrected chi connectivity index (χ2v) is 4.68. The number of halogens is 3. The second-order valence-electron chi connectivity index (χ2n) is 4.68. The normalized spacial score (nSPS) is 12.0. The molecule has 1 aromatic carbocycles. The molecule has 0 aliphatic heterocycles. The van der Waals surface area contributed by atoms with E-state index in [2.05, 4.69) is 9.97 Å². The van der Waals surface area contributed by atoms with Crippen LogP contribution in [0.1, 0.15) is 11.1 Å². The molecule has 0 aliphatic carbocycles. The first-order valence-electron chi connectivity index (χ1n) is 6.33. The standard InChI is InChI=1S/C15H12F3N3/c16-15(17,18)13-7-9(8-19)1-2-11(13)10-3-5-20-14-12(10)4-6-21-14/h1-7H,8,19H2,(H,20,21). The number of nitrogens with one attached hydrogen (secondary N) is 1. The minimum Gasteiger partial charge on any atom is -0.346 e. The summed E-state index contributed by atoms with van der Waals surface area (Å²) in [5.41, 5.74) is 6.40. The Hall–Kier alpha value is -2.34. The van der Waals surface area contributed by atoms with Gasteiger partial charge >= 0.3 is 6.18 Å². The molecule has 3 rings (SSSR count). The molecule has 0 fully saturated rings. The lowest BCUT2D eigenvalue weighted by atomic mass is 9.96. The molecule has 108 valence electrons. The van der Waals surface area contributed by atoms with Gasteiger partial charge in [-0.2, -0.15) is 13.2 Å². The molecule has 0 aliphatic rings. The largest absolute Gasteiger partial charge is 0.417 e. The summed E-state index contributed by atoms with van der Waals surface area (Å²) in [7, 11) is 0. The van der Waals surface area contributed by atoms with Gasteiger partial charge in [-0.3, -0.25) is 0 Å². The van der Waals surface area contributed by atoms with E-state index in [-0.39, 0.29) is 12.1 Å². The zero-order chi connectivity index (χ0) is 15.0. The van der Waals surface area contributed by atoms with Gasteiger partial charge < -0.3 is 10.7 Å².